The smallest absolute Gasteiger partial charge is 0.180 e. The molecule has 4 rings (SSSR count). The van der Waals surface area contributed by atoms with Crippen LogP contribution in [0.1, 0.15) is 49.8 Å². The van der Waals surface area contributed by atoms with Crippen molar-refractivity contribution in [2.45, 2.75) is 52.0 Å². The molecule has 0 saturated heterocycles. The van der Waals surface area contributed by atoms with Gasteiger partial charge in [0.15, 0.2) is 11.6 Å². The molecule has 0 spiro atoms. The van der Waals surface area contributed by atoms with Gasteiger partial charge in [-0.2, -0.15) is 5.10 Å². The van der Waals surface area contributed by atoms with E-state index >= 15 is 0 Å². The monoisotopic (exact) mass is 427 g/mol. The Balaban J connectivity index is 1.54. The molecule has 7 heteroatoms. The van der Waals surface area contributed by atoms with Crippen LogP contribution in [0.2, 0.25) is 0 Å². The number of aromatic amines is 1. The quantitative estimate of drug-likeness (QED) is 0.268. The summed E-state index contributed by atoms with van der Waals surface area (Å²) in [6.45, 7) is 6.77. The lowest BCUT2D eigenvalue weighted by atomic mass is 9.98. The van der Waals surface area contributed by atoms with Crippen molar-refractivity contribution in [3.8, 4) is 22.5 Å². The van der Waals surface area contributed by atoms with E-state index < -0.39 is 0 Å². The Morgan fingerprint density at radius 3 is 2.53 bits per heavy atom. The molecule has 0 aliphatic rings. The third-order valence-electron chi connectivity index (χ3n) is 5.49. The molecule has 0 unspecified atom stereocenters. The zero-order valence-electron chi connectivity index (χ0n) is 18.5. The number of H-pyrrole nitrogens is 1. The van der Waals surface area contributed by atoms with Crippen molar-refractivity contribution < 1.29 is 0 Å². The van der Waals surface area contributed by atoms with Gasteiger partial charge in [-0.1, -0.05) is 74.4 Å². The van der Waals surface area contributed by atoms with Gasteiger partial charge in [0.2, 0.25) is 0 Å². The predicted molar refractivity (Wildman–Crippen MR) is 126 cm³/mol. The molecule has 2 heterocycles. The number of aromatic nitrogens is 7. The highest BCUT2D eigenvalue weighted by Gasteiger charge is 2.12. The lowest BCUT2D eigenvalue weighted by Crippen LogP contribution is -2.07. The van der Waals surface area contributed by atoms with Gasteiger partial charge in [0.1, 0.15) is 5.82 Å². The number of nitrogens with one attached hydrogen (secondary N) is 1. The molecule has 0 amide bonds. The van der Waals surface area contributed by atoms with E-state index in [1.165, 1.54) is 18.4 Å². The van der Waals surface area contributed by atoms with E-state index in [1.54, 1.807) is 0 Å². The summed E-state index contributed by atoms with van der Waals surface area (Å²) in [5, 5.41) is 19.1. The topological polar surface area (TPSA) is 85.2 Å². The van der Waals surface area contributed by atoms with Crippen molar-refractivity contribution in [1.29, 1.82) is 0 Å². The zero-order chi connectivity index (χ0) is 22.2. The summed E-state index contributed by atoms with van der Waals surface area (Å²) >= 11 is 0. The van der Waals surface area contributed by atoms with Crippen molar-refractivity contribution in [2.75, 3.05) is 0 Å². The number of tetrazole rings is 1. The number of nitrogens with zero attached hydrogens (tertiary/aromatic N) is 6. The molecule has 2 aromatic heterocycles. The maximum atomic E-state index is 4.80. The van der Waals surface area contributed by atoms with Gasteiger partial charge in [0.05, 0.1) is 6.54 Å². The summed E-state index contributed by atoms with van der Waals surface area (Å²) in [7, 11) is 0. The van der Waals surface area contributed by atoms with Crippen LogP contribution < -0.4 is 0 Å². The molecule has 1 N–H and O–H groups in total. The van der Waals surface area contributed by atoms with Crippen molar-refractivity contribution >= 4 is 0 Å². The van der Waals surface area contributed by atoms with Crippen LogP contribution in [-0.2, 0) is 19.4 Å². The summed E-state index contributed by atoms with van der Waals surface area (Å²) in [5.41, 5.74) is 4.37. The molecule has 164 valence electrons. The molecule has 2 aromatic carbocycles. The Morgan fingerprint density at radius 2 is 1.81 bits per heavy atom. The van der Waals surface area contributed by atoms with Crippen LogP contribution in [0.25, 0.3) is 22.5 Å². The number of aryl methyl sites for hydroxylation is 2. The highest BCUT2D eigenvalue weighted by molar-refractivity contribution is 5.80. The predicted octanol–water partition coefficient (Wildman–Crippen LogP) is 5.02. The summed E-state index contributed by atoms with van der Waals surface area (Å²) in [6.07, 6.45) is 8.19. The largest absolute Gasteiger partial charge is 0.245 e. The molecule has 0 aliphatic heterocycles. The van der Waals surface area contributed by atoms with Gasteiger partial charge in [0, 0.05) is 18.4 Å². The Hall–Kier alpha value is -3.61. The number of benzene rings is 2. The number of hydrogen-bond donors (Lipinski definition) is 1. The third-order valence-corrected chi connectivity index (χ3v) is 5.49. The zero-order valence-corrected chi connectivity index (χ0v) is 18.5. The molecule has 7 nitrogen and oxygen atoms in total. The molecule has 0 bridgehead atoms. The van der Waals surface area contributed by atoms with Gasteiger partial charge in [-0.05, 0) is 40.0 Å². The molecular formula is C25H29N7. The molecular weight excluding hydrogens is 398 g/mol. The van der Waals surface area contributed by atoms with Crippen molar-refractivity contribution in [3.05, 3.63) is 78.4 Å². The first-order valence-corrected chi connectivity index (χ1v) is 11.2. The number of rotatable bonds is 11. The van der Waals surface area contributed by atoms with Crippen LogP contribution in [0.3, 0.4) is 0 Å². The van der Waals surface area contributed by atoms with E-state index in [9.17, 15) is 0 Å². The fourth-order valence-corrected chi connectivity index (χ4v) is 3.79. The van der Waals surface area contributed by atoms with Gasteiger partial charge in [-0.15, -0.1) is 11.7 Å². The molecule has 4 aromatic rings. The first-order valence-electron chi connectivity index (χ1n) is 11.2. The summed E-state index contributed by atoms with van der Waals surface area (Å²) in [5.74, 6) is 2.64. The second-order valence-electron chi connectivity index (χ2n) is 7.88. The van der Waals surface area contributed by atoms with Gasteiger partial charge in [-0.25, -0.2) is 14.8 Å². The first-order chi connectivity index (χ1) is 15.8. The Bertz CT molecular complexity index is 1130. The average molecular weight is 428 g/mol. The van der Waals surface area contributed by atoms with Crippen LogP contribution in [0.15, 0.2) is 61.2 Å². The second-order valence-corrected chi connectivity index (χ2v) is 7.88. The lowest BCUT2D eigenvalue weighted by molar-refractivity contribution is 0.622. The van der Waals surface area contributed by atoms with E-state index in [0.717, 1.165) is 54.0 Å². The summed E-state index contributed by atoms with van der Waals surface area (Å²) in [4.78, 5) is 4.80. The molecule has 0 atom stereocenters. The van der Waals surface area contributed by atoms with Crippen LogP contribution >= 0.6 is 0 Å². The van der Waals surface area contributed by atoms with E-state index in [-0.39, 0.29) is 0 Å². The fourth-order valence-electron chi connectivity index (χ4n) is 3.79. The molecule has 32 heavy (non-hydrogen) atoms. The molecule has 0 aliphatic carbocycles. The molecule has 0 fully saturated rings. The minimum atomic E-state index is 0.662. The van der Waals surface area contributed by atoms with E-state index in [1.807, 2.05) is 29.0 Å². The highest BCUT2D eigenvalue weighted by Crippen LogP contribution is 2.29. The van der Waals surface area contributed by atoms with Crippen LogP contribution in [-0.4, -0.2) is 35.4 Å². The number of hydrogen-bond acceptors (Lipinski definition) is 5. The normalized spacial score (nSPS) is 11.0. The number of unbranched alkanes of at least 4 members (excludes halogenated alkanes) is 2. The number of allylic oxidation sites excluding steroid dienone is 1. The van der Waals surface area contributed by atoms with Crippen molar-refractivity contribution in [3.63, 3.8) is 0 Å². The van der Waals surface area contributed by atoms with Crippen molar-refractivity contribution in [1.82, 2.24) is 35.4 Å². The van der Waals surface area contributed by atoms with Crippen LogP contribution in [0.5, 0.6) is 0 Å². The Morgan fingerprint density at radius 1 is 1.00 bits per heavy atom. The second kappa shape index (κ2) is 10.6. The summed E-state index contributed by atoms with van der Waals surface area (Å²) in [6, 6.07) is 16.7. The Kier molecular flexibility index (Phi) is 7.17. The van der Waals surface area contributed by atoms with E-state index in [4.69, 9.17) is 10.1 Å². The van der Waals surface area contributed by atoms with E-state index in [0.29, 0.717) is 12.4 Å². The van der Waals surface area contributed by atoms with Crippen LogP contribution in [0.4, 0.5) is 0 Å². The first kappa shape index (κ1) is 21.6. The van der Waals surface area contributed by atoms with Crippen molar-refractivity contribution in [2.24, 2.45) is 0 Å². The lowest BCUT2D eigenvalue weighted by Gasteiger charge is -2.09. The SMILES string of the molecule is C=CCCc1nc(CCCCC)nn1Cc1ccc(-c2ccccc2-c2nnn[nH]2)cc1. The third kappa shape index (κ3) is 5.17. The molecule has 0 radical (unpaired) electrons. The fraction of sp³-hybridized carbons (Fsp3) is 0.320. The summed E-state index contributed by atoms with van der Waals surface area (Å²) < 4.78 is 2.05. The highest BCUT2D eigenvalue weighted by atomic mass is 15.5. The maximum absolute atomic E-state index is 4.80. The maximum Gasteiger partial charge on any atom is 0.180 e. The minimum Gasteiger partial charge on any atom is -0.245 e. The van der Waals surface area contributed by atoms with Crippen LogP contribution in [0, 0.1) is 0 Å². The Labute approximate surface area is 188 Å². The average Bonchev–Trinajstić information content (AvgIpc) is 3.49. The van der Waals surface area contributed by atoms with Gasteiger partial charge >= 0.3 is 0 Å². The molecule has 0 saturated carbocycles. The van der Waals surface area contributed by atoms with Gasteiger partial charge < -0.3 is 0 Å². The van der Waals surface area contributed by atoms with E-state index in [2.05, 4.69) is 64.5 Å². The van der Waals surface area contributed by atoms with Gasteiger partial charge in [-0.3, -0.25) is 0 Å². The van der Waals surface area contributed by atoms with Gasteiger partial charge in [0.25, 0.3) is 0 Å². The minimum absolute atomic E-state index is 0.662. The standard InChI is InChI=1S/C25H29N7/c1-3-5-7-12-23-26-24(13-6-4-2)32(29-23)18-19-14-16-20(17-15-19)21-10-8-9-11-22(21)25-27-30-31-28-25/h4,8-11,14-17H,2-3,5-7,12-13,18H2,1H3,(H,27,28,30,31).